The molecule has 7 nitrogen and oxygen atoms in total. The second-order valence-corrected chi connectivity index (χ2v) is 7.96. The summed E-state index contributed by atoms with van der Waals surface area (Å²) in [7, 11) is 0. The summed E-state index contributed by atoms with van der Waals surface area (Å²) in [6.45, 7) is 2.00. The van der Waals surface area contributed by atoms with E-state index in [-0.39, 0.29) is 16.5 Å². The number of benzene rings is 2. The minimum Gasteiger partial charge on any atom is -0.324 e. The quantitative estimate of drug-likeness (QED) is 0.443. The molecule has 33 heavy (non-hydrogen) atoms. The van der Waals surface area contributed by atoms with E-state index >= 15 is 0 Å². The number of hydrogen-bond donors (Lipinski definition) is 2. The number of carbonyl (C=O) groups excluding carboxylic acids is 1. The average molecular weight is 461 g/mol. The Labute approximate surface area is 194 Å². The monoisotopic (exact) mass is 460 g/mol. The normalized spacial score (nSPS) is 14.8. The van der Waals surface area contributed by atoms with Gasteiger partial charge >= 0.3 is 0 Å². The lowest BCUT2D eigenvalue weighted by Crippen LogP contribution is -2.21. The van der Waals surface area contributed by atoms with E-state index in [0.29, 0.717) is 11.5 Å². The zero-order chi connectivity index (χ0) is 22.9. The van der Waals surface area contributed by atoms with Gasteiger partial charge in [0.05, 0.1) is 5.56 Å². The number of pyridine rings is 1. The van der Waals surface area contributed by atoms with Gasteiger partial charge in [-0.2, -0.15) is 4.98 Å². The van der Waals surface area contributed by atoms with Gasteiger partial charge in [-0.25, -0.2) is 9.07 Å². The van der Waals surface area contributed by atoms with Crippen LogP contribution >= 0.6 is 11.6 Å². The smallest absolute Gasteiger partial charge is 0.259 e. The van der Waals surface area contributed by atoms with Crippen LogP contribution < -0.4 is 10.6 Å². The van der Waals surface area contributed by atoms with Crippen LogP contribution in [-0.2, 0) is 0 Å². The zero-order valence-electron chi connectivity index (χ0n) is 17.5. The summed E-state index contributed by atoms with van der Waals surface area (Å²) >= 11 is 6.39. The Morgan fingerprint density at radius 1 is 1.15 bits per heavy atom. The second-order valence-electron chi connectivity index (χ2n) is 7.55. The van der Waals surface area contributed by atoms with Gasteiger partial charge in [0.1, 0.15) is 11.9 Å². The van der Waals surface area contributed by atoms with Crippen molar-refractivity contribution in [2.45, 2.75) is 13.0 Å². The highest BCUT2D eigenvalue weighted by Gasteiger charge is 2.29. The van der Waals surface area contributed by atoms with Gasteiger partial charge in [-0.05, 0) is 42.8 Å². The van der Waals surface area contributed by atoms with E-state index in [1.54, 1.807) is 30.5 Å². The molecule has 0 saturated carbocycles. The highest BCUT2D eigenvalue weighted by Crippen LogP contribution is 2.37. The molecular formula is C24H18ClFN6O. The Balaban J connectivity index is 1.56. The van der Waals surface area contributed by atoms with Crippen molar-refractivity contribution in [3.63, 3.8) is 0 Å². The first kappa shape index (κ1) is 20.8. The first-order valence-electron chi connectivity index (χ1n) is 10.2. The molecule has 0 bridgehead atoms. The van der Waals surface area contributed by atoms with Gasteiger partial charge in [0.15, 0.2) is 0 Å². The van der Waals surface area contributed by atoms with Crippen LogP contribution in [0.5, 0.6) is 0 Å². The van der Waals surface area contributed by atoms with E-state index in [1.807, 2.05) is 37.3 Å². The van der Waals surface area contributed by atoms with Gasteiger partial charge < -0.3 is 5.32 Å². The third-order valence-corrected chi connectivity index (χ3v) is 5.60. The molecule has 164 valence electrons. The molecule has 1 aliphatic rings. The zero-order valence-corrected chi connectivity index (χ0v) is 18.2. The van der Waals surface area contributed by atoms with Crippen molar-refractivity contribution in [1.29, 1.82) is 0 Å². The van der Waals surface area contributed by atoms with Crippen molar-refractivity contribution in [1.82, 2.24) is 19.7 Å². The number of fused-ring (bicyclic) bond motifs is 1. The van der Waals surface area contributed by atoms with Gasteiger partial charge in [0.2, 0.25) is 5.95 Å². The van der Waals surface area contributed by atoms with Crippen LogP contribution in [0.4, 0.5) is 16.3 Å². The van der Waals surface area contributed by atoms with Crippen molar-refractivity contribution in [3.8, 4) is 0 Å². The second kappa shape index (κ2) is 8.48. The Bertz CT molecular complexity index is 1350. The third-order valence-electron chi connectivity index (χ3n) is 5.27. The van der Waals surface area contributed by atoms with Crippen molar-refractivity contribution >= 4 is 35.1 Å². The molecule has 0 saturated heterocycles. The van der Waals surface area contributed by atoms with Crippen LogP contribution in [0.15, 0.2) is 73.1 Å². The minimum absolute atomic E-state index is 0.0716. The van der Waals surface area contributed by atoms with Gasteiger partial charge in [-0.3, -0.25) is 15.1 Å². The highest BCUT2D eigenvalue weighted by molar-refractivity contribution is 6.31. The summed E-state index contributed by atoms with van der Waals surface area (Å²) in [4.78, 5) is 20.9. The number of nitrogens with zero attached hydrogens (tertiary/aromatic N) is 4. The summed E-state index contributed by atoms with van der Waals surface area (Å²) in [5.41, 5.74) is 3.37. The summed E-state index contributed by atoms with van der Waals surface area (Å²) < 4.78 is 16.4. The Hall–Kier alpha value is -4.04. The lowest BCUT2D eigenvalue weighted by atomic mass is 10.0. The fourth-order valence-corrected chi connectivity index (χ4v) is 3.89. The number of aromatic nitrogens is 4. The van der Waals surface area contributed by atoms with Gasteiger partial charge in [-0.1, -0.05) is 47.5 Å². The summed E-state index contributed by atoms with van der Waals surface area (Å²) in [5, 5.41) is 10.6. The van der Waals surface area contributed by atoms with E-state index in [9.17, 15) is 9.18 Å². The minimum atomic E-state index is -0.678. The third kappa shape index (κ3) is 4.08. The van der Waals surface area contributed by atoms with Crippen LogP contribution in [0, 0.1) is 12.7 Å². The molecule has 1 atom stereocenters. The average Bonchev–Trinajstić information content (AvgIpc) is 3.22. The van der Waals surface area contributed by atoms with Gasteiger partial charge in [-0.15, -0.1) is 5.10 Å². The predicted octanol–water partition coefficient (Wildman–Crippen LogP) is 5.08. The Kier molecular flexibility index (Phi) is 5.35. The fourth-order valence-electron chi connectivity index (χ4n) is 3.62. The molecule has 0 spiro atoms. The molecule has 4 aromatic rings. The molecule has 0 fully saturated rings. The molecule has 1 unspecified atom stereocenters. The Morgan fingerprint density at radius 2 is 1.97 bits per heavy atom. The van der Waals surface area contributed by atoms with Crippen LogP contribution in [-0.4, -0.2) is 25.7 Å². The van der Waals surface area contributed by atoms with Gasteiger partial charge in [0, 0.05) is 28.7 Å². The fraction of sp³-hybridized carbons (Fsp3) is 0.0833. The van der Waals surface area contributed by atoms with Crippen molar-refractivity contribution in [3.05, 3.63) is 106 Å². The molecular weight excluding hydrogens is 443 g/mol. The van der Waals surface area contributed by atoms with E-state index < -0.39 is 17.8 Å². The van der Waals surface area contributed by atoms with Crippen molar-refractivity contribution < 1.29 is 9.18 Å². The maximum atomic E-state index is 14.9. The molecule has 2 aromatic heterocycles. The number of nitrogens with one attached hydrogen (secondary N) is 2. The molecule has 2 aromatic carbocycles. The lowest BCUT2D eigenvalue weighted by Gasteiger charge is -2.25. The van der Waals surface area contributed by atoms with E-state index in [1.165, 1.54) is 16.9 Å². The first-order valence-corrected chi connectivity index (χ1v) is 10.5. The molecule has 1 aliphatic heterocycles. The van der Waals surface area contributed by atoms with Crippen LogP contribution in [0.3, 0.4) is 0 Å². The number of hydrogen-bond acceptors (Lipinski definition) is 5. The molecule has 1 amide bonds. The molecule has 0 radical (unpaired) electrons. The predicted molar refractivity (Wildman–Crippen MR) is 125 cm³/mol. The molecule has 9 heteroatoms. The summed E-state index contributed by atoms with van der Waals surface area (Å²) in [6.07, 6.45) is 4.86. The number of allylic oxidation sites excluding steroid dienone is 1. The van der Waals surface area contributed by atoms with E-state index in [2.05, 4.69) is 25.7 Å². The first-order chi connectivity index (χ1) is 16.0. The molecule has 2 N–H and O–H groups in total. The van der Waals surface area contributed by atoms with E-state index in [4.69, 9.17) is 11.6 Å². The number of anilines is 2. The SMILES string of the molecule is Cc1ccc(C2=CC(c3c(F)cccc3Cl)n3nc(NC(=O)c4cccnc4)nc3N2)cc1. The number of rotatable bonds is 4. The van der Waals surface area contributed by atoms with Crippen LogP contribution in [0.2, 0.25) is 5.02 Å². The van der Waals surface area contributed by atoms with Crippen molar-refractivity contribution in [2.75, 3.05) is 10.6 Å². The number of halogens is 2. The standard InChI is InChI=1S/C24H18ClFN6O/c1-14-7-9-15(10-8-14)19-12-20(21-17(25)5-2-6-18(21)26)32-24(28-19)30-23(31-32)29-22(33)16-4-3-11-27-13-16/h2-13,20H,1H3,(H2,28,29,30,31,33). The highest BCUT2D eigenvalue weighted by atomic mass is 35.5. The van der Waals surface area contributed by atoms with E-state index in [0.717, 1.165) is 16.8 Å². The Morgan fingerprint density at radius 3 is 2.70 bits per heavy atom. The summed E-state index contributed by atoms with van der Waals surface area (Å²) in [5.74, 6) is -0.448. The van der Waals surface area contributed by atoms with Gasteiger partial charge in [0.25, 0.3) is 11.9 Å². The number of aryl methyl sites for hydroxylation is 1. The molecule has 3 heterocycles. The van der Waals surface area contributed by atoms with Crippen LogP contribution in [0.25, 0.3) is 5.70 Å². The molecule has 0 aliphatic carbocycles. The topological polar surface area (TPSA) is 84.7 Å². The molecule has 5 rings (SSSR count). The van der Waals surface area contributed by atoms with Crippen molar-refractivity contribution in [2.24, 2.45) is 0 Å². The summed E-state index contributed by atoms with van der Waals surface area (Å²) in [6, 6.07) is 15.1. The van der Waals surface area contributed by atoms with Crippen LogP contribution in [0.1, 0.15) is 33.1 Å². The lowest BCUT2D eigenvalue weighted by molar-refractivity contribution is 0.102. The number of carbonyl (C=O) groups is 1. The maximum Gasteiger partial charge on any atom is 0.259 e. The maximum absolute atomic E-state index is 14.9. The largest absolute Gasteiger partial charge is 0.324 e. The number of amides is 1.